The van der Waals surface area contributed by atoms with Crippen molar-refractivity contribution < 1.29 is 13.9 Å². The van der Waals surface area contributed by atoms with Crippen molar-refractivity contribution in [3.63, 3.8) is 0 Å². The molecule has 8 heteroatoms. The lowest BCUT2D eigenvalue weighted by Gasteiger charge is -2.24. The molecular formula is C24H29FN4O3. The van der Waals surface area contributed by atoms with E-state index in [0.717, 1.165) is 19.3 Å². The summed E-state index contributed by atoms with van der Waals surface area (Å²) >= 11 is 0. The van der Waals surface area contributed by atoms with Gasteiger partial charge in [0.05, 0.1) is 11.2 Å². The van der Waals surface area contributed by atoms with E-state index in [1.54, 1.807) is 25.3 Å². The summed E-state index contributed by atoms with van der Waals surface area (Å²) in [4.78, 5) is 27.1. The minimum absolute atomic E-state index is 0.00341. The van der Waals surface area contributed by atoms with Gasteiger partial charge in [0.1, 0.15) is 23.1 Å². The number of alkyl carbamates (subject to hydrolysis) is 1. The van der Waals surface area contributed by atoms with Crippen LogP contribution in [0.5, 0.6) is 0 Å². The third kappa shape index (κ3) is 4.29. The first-order valence-electron chi connectivity index (χ1n) is 11.1. The monoisotopic (exact) mass is 440 g/mol. The van der Waals surface area contributed by atoms with Crippen LogP contribution >= 0.6 is 0 Å². The van der Waals surface area contributed by atoms with E-state index in [-0.39, 0.29) is 29.4 Å². The van der Waals surface area contributed by atoms with Gasteiger partial charge in [-0.1, -0.05) is 6.92 Å². The van der Waals surface area contributed by atoms with E-state index in [0.29, 0.717) is 35.5 Å². The van der Waals surface area contributed by atoms with Crippen LogP contribution < -0.4 is 15.8 Å². The summed E-state index contributed by atoms with van der Waals surface area (Å²) in [5, 5.41) is 13.2. The summed E-state index contributed by atoms with van der Waals surface area (Å²) < 4.78 is 22.3. The molecule has 2 aliphatic rings. The number of rotatable bonds is 4. The molecule has 32 heavy (non-hydrogen) atoms. The predicted octanol–water partition coefficient (Wildman–Crippen LogP) is 4.22. The number of aromatic nitrogens is 1. The summed E-state index contributed by atoms with van der Waals surface area (Å²) in [5.41, 5.74) is 0.477. The average Bonchev–Trinajstić information content (AvgIpc) is 3.44. The first kappa shape index (κ1) is 22.1. The molecule has 7 nitrogen and oxygen atoms in total. The molecule has 1 saturated heterocycles. The fraction of sp³-hybridized carbons (Fsp3) is 0.542. The molecule has 4 rings (SSSR count). The fourth-order valence-electron chi connectivity index (χ4n) is 4.41. The highest BCUT2D eigenvalue weighted by molar-refractivity contribution is 5.93. The van der Waals surface area contributed by atoms with Gasteiger partial charge in [-0.15, -0.1) is 0 Å². The number of hydrogen-bond donors (Lipinski definition) is 1. The van der Waals surface area contributed by atoms with Gasteiger partial charge >= 0.3 is 6.09 Å². The molecular weight excluding hydrogens is 411 g/mol. The largest absolute Gasteiger partial charge is 0.444 e. The molecule has 0 spiro atoms. The predicted molar refractivity (Wildman–Crippen MR) is 120 cm³/mol. The van der Waals surface area contributed by atoms with Gasteiger partial charge in [0, 0.05) is 37.1 Å². The van der Waals surface area contributed by atoms with E-state index in [9.17, 15) is 14.9 Å². The number of pyridine rings is 1. The SMILES string of the molecule is C[C@H]1CCN(c2c(F)cc3c(CNC(=O)OC(C)(C)C)cc(=O)n(C4CC4)c3c2C#N)C1. The number of hydrogen-bond acceptors (Lipinski definition) is 5. The number of nitrogens with zero attached hydrogens (tertiary/aromatic N) is 3. The topological polar surface area (TPSA) is 87.4 Å². The van der Waals surface area contributed by atoms with Crippen LogP contribution in [-0.2, 0) is 11.3 Å². The number of ether oxygens (including phenoxy) is 1. The fourth-order valence-corrected chi connectivity index (χ4v) is 4.41. The van der Waals surface area contributed by atoms with E-state index in [1.165, 1.54) is 12.1 Å². The second-order valence-electron chi connectivity index (χ2n) is 9.89. The maximum atomic E-state index is 15.4. The van der Waals surface area contributed by atoms with Crippen molar-refractivity contribution in [2.45, 2.75) is 65.1 Å². The summed E-state index contributed by atoms with van der Waals surface area (Å²) in [6.07, 6.45) is 2.00. The van der Waals surface area contributed by atoms with E-state index in [4.69, 9.17) is 4.74 Å². The highest BCUT2D eigenvalue weighted by atomic mass is 19.1. The van der Waals surface area contributed by atoms with Gasteiger partial charge in [0.25, 0.3) is 5.56 Å². The van der Waals surface area contributed by atoms with Gasteiger partial charge in [0.2, 0.25) is 0 Å². The van der Waals surface area contributed by atoms with Gasteiger partial charge in [-0.25, -0.2) is 9.18 Å². The number of benzene rings is 1. The Bertz CT molecular complexity index is 1170. The number of carbonyl (C=O) groups excluding carboxylic acids is 1. The van der Waals surface area contributed by atoms with Crippen molar-refractivity contribution in [3.05, 3.63) is 39.4 Å². The molecule has 1 aliphatic heterocycles. The summed E-state index contributed by atoms with van der Waals surface area (Å²) in [5.74, 6) is -0.0747. The number of carbonyl (C=O) groups is 1. The first-order valence-corrected chi connectivity index (χ1v) is 11.1. The van der Waals surface area contributed by atoms with Crippen LogP contribution in [0.25, 0.3) is 10.9 Å². The molecule has 2 heterocycles. The molecule has 0 radical (unpaired) electrons. The molecule has 1 aliphatic carbocycles. The van der Waals surface area contributed by atoms with Crippen molar-refractivity contribution in [2.75, 3.05) is 18.0 Å². The van der Waals surface area contributed by atoms with Crippen molar-refractivity contribution in [2.24, 2.45) is 5.92 Å². The van der Waals surface area contributed by atoms with Gasteiger partial charge in [-0.2, -0.15) is 5.26 Å². The molecule has 170 valence electrons. The minimum atomic E-state index is -0.663. The summed E-state index contributed by atoms with van der Waals surface area (Å²) in [7, 11) is 0. The Morgan fingerprint density at radius 2 is 2.03 bits per heavy atom. The van der Waals surface area contributed by atoms with Gasteiger partial charge in [-0.05, 0) is 57.6 Å². The smallest absolute Gasteiger partial charge is 0.407 e. The zero-order valence-electron chi connectivity index (χ0n) is 19.0. The lowest BCUT2D eigenvalue weighted by Crippen LogP contribution is -2.32. The van der Waals surface area contributed by atoms with E-state index in [2.05, 4.69) is 18.3 Å². The lowest BCUT2D eigenvalue weighted by molar-refractivity contribution is 0.0523. The number of amides is 1. The van der Waals surface area contributed by atoms with Crippen LogP contribution in [0.3, 0.4) is 0 Å². The average molecular weight is 441 g/mol. The highest BCUT2D eigenvalue weighted by Gasteiger charge is 2.32. The Morgan fingerprint density at radius 1 is 1.31 bits per heavy atom. The van der Waals surface area contributed by atoms with E-state index in [1.807, 2.05) is 4.90 Å². The van der Waals surface area contributed by atoms with Crippen LogP contribution in [0.1, 0.15) is 64.1 Å². The maximum Gasteiger partial charge on any atom is 0.407 e. The molecule has 1 aromatic carbocycles. The Labute approximate surface area is 186 Å². The Hall–Kier alpha value is -3.08. The number of fused-ring (bicyclic) bond motifs is 1. The van der Waals surface area contributed by atoms with Crippen molar-refractivity contribution in [1.82, 2.24) is 9.88 Å². The number of nitrogens with one attached hydrogen (secondary N) is 1. The zero-order valence-corrected chi connectivity index (χ0v) is 19.0. The summed E-state index contributed by atoms with van der Waals surface area (Å²) in [6.45, 7) is 8.72. The molecule has 1 saturated carbocycles. The van der Waals surface area contributed by atoms with Gasteiger partial charge < -0.3 is 19.5 Å². The van der Waals surface area contributed by atoms with Crippen LogP contribution in [0.4, 0.5) is 14.9 Å². The standard InChI is InChI=1S/C24H29FN4O3/c1-14-7-8-28(13-14)22-18(11-26)21-17(10-19(22)25)15(9-20(30)29(21)16-5-6-16)12-27-23(31)32-24(2,3)4/h9-10,14,16H,5-8,12-13H2,1-4H3,(H,27,31)/t14-/m0/s1. The zero-order chi connectivity index (χ0) is 23.2. The molecule has 2 fully saturated rings. The number of halogens is 1. The van der Waals surface area contributed by atoms with Crippen LogP contribution in [0.15, 0.2) is 16.9 Å². The summed E-state index contributed by atoms with van der Waals surface area (Å²) in [6, 6.07) is 5.03. The third-order valence-corrected chi connectivity index (χ3v) is 5.93. The Morgan fingerprint density at radius 3 is 2.59 bits per heavy atom. The van der Waals surface area contributed by atoms with E-state index < -0.39 is 17.5 Å². The molecule has 1 N–H and O–H groups in total. The van der Waals surface area contributed by atoms with Crippen LogP contribution in [-0.4, -0.2) is 29.4 Å². The Balaban J connectivity index is 1.84. The molecule has 1 amide bonds. The second-order valence-corrected chi connectivity index (χ2v) is 9.89. The molecule has 2 aromatic rings. The van der Waals surface area contributed by atoms with Crippen LogP contribution in [0.2, 0.25) is 0 Å². The highest BCUT2D eigenvalue weighted by Crippen LogP contribution is 2.40. The maximum absolute atomic E-state index is 15.4. The van der Waals surface area contributed by atoms with E-state index >= 15 is 4.39 Å². The minimum Gasteiger partial charge on any atom is -0.444 e. The lowest BCUT2D eigenvalue weighted by atomic mass is 10.0. The molecule has 0 bridgehead atoms. The van der Waals surface area contributed by atoms with Crippen molar-refractivity contribution in [3.8, 4) is 6.07 Å². The Kier molecular flexibility index (Phi) is 5.61. The normalized spacial score (nSPS) is 18.6. The number of nitriles is 1. The quantitative estimate of drug-likeness (QED) is 0.769. The first-order chi connectivity index (χ1) is 15.1. The van der Waals surface area contributed by atoms with Crippen molar-refractivity contribution in [1.29, 1.82) is 5.26 Å². The van der Waals surface area contributed by atoms with Crippen molar-refractivity contribution >= 4 is 22.7 Å². The van der Waals surface area contributed by atoms with Gasteiger partial charge in [0.15, 0.2) is 0 Å². The molecule has 0 unspecified atom stereocenters. The molecule has 1 atom stereocenters. The van der Waals surface area contributed by atoms with Gasteiger partial charge in [-0.3, -0.25) is 4.79 Å². The van der Waals surface area contributed by atoms with Crippen LogP contribution in [0, 0.1) is 23.1 Å². The number of anilines is 1. The molecule has 1 aromatic heterocycles. The second kappa shape index (κ2) is 8.12. The third-order valence-electron chi connectivity index (χ3n) is 5.93.